The van der Waals surface area contributed by atoms with E-state index < -0.39 is 0 Å². The summed E-state index contributed by atoms with van der Waals surface area (Å²) in [6.45, 7) is 0. The van der Waals surface area contributed by atoms with Gasteiger partial charge in [0.05, 0.1) is 17.1 Å². The van der Waals surface area contributed by atoms with Gasteiger partial charge in [-0.05, 0) is 37.0 Å². The predicted octanol–water partition coefficient (Wildman–Crippen LogP) is 1.37. The van der Waals surface area contributed by atoms with Crippen LogP contribution in [0, 0.1) is 5.92 Å². The summed E-state index contributed by atoms with van der Waals surface area (Å²) in [4.78, 5) is 16.5. The first-order chi connectivity index (χ1) is 10.7. The topological polar surface area (TPSA) is 70.5 Å². The number of fused-ring (bicyclic) bond motifs is 1. The van der Waals surface area contributed by atoms with Crippen molar-refractivity contribution >= 4 is 23.2 Å². The Labute approximate surface area is 132 Å². The second-order valence-corrected chi connectivity index (χ2v) is 6.17. The first kappa shape index (κ1) is 13.6. The fourth-order valence-corrected chi connectivity index (χ4v) is 2.79. The second kappa shape index (κ2) is 5.30. The van der Waals surface area contributed by atoms with E-state index >= 15 is 0 Å². The average molecular weight is 318 g/mol. The Morgan fingerprint density at radius 1 is 1.41 bits per heavy atom. The van der Waals surface area contributed by atoms with Gasteiger partial charge in [-0.25, -0.2) is 10.4 Å². The van der Waals surface area contributed by atoms with Gasteiger partial charge in [0.1, 0.15) is 11.8 Å². The lowest BCUT2D eigenvalue weighted by Gasteiger charge is -2.10. The van der Waals surface area contributed by atoms with E-state index in [9.17, 15) is 4.79 Å². The number of carbonyl (C=O) groups excluding carboxylic acids is 1. The van der Waals surface area contributed by atoms with Gasteiger partial charge in [-0.2, -0.15) is 0 Å². The maximum Gasteiger partial charge on any atom is 0.227 e. The minimum atomic E-state index is -0.158. The van der Waals surface area contributed by atoms with E-state index in [0.717, 1.165) is 11.3 Å². The Hall–Kier alpha value is -2.05. The van der Waals surface area contributed by atoms with Crippen molar-refractivity contribution < 1.29 is 4.79 Å². The van der Waals surface area contributed by atoms with Gasteiger partial charge in [0.15, 0.2) is 0 Å². The van der Waals surface area contributed by atoms with Crippen molar-refractivity contribution in [3.8, 4) is 0 Å². The van der Waals surface area contributed by atoms with Crippen LogP contribution in [0.15, 0.2) is 36.3 Å². The van der Waals surface area contributed by atoms with Gasteiger partial charge in [0.25, 0.3) is 0 Å². The number of aromatic nitrogens is 2. The number of nitrogens with one attached hydrogen (secondary N) is 3. The molecule has 2 aromatic heterocycles. The lowest BCUT2D eigenvalue weighted by Crippen LogP contribution is -2.45. The molecule has 1 amide bonds. The Morgan fingerprint density at radius 2 is 2.27 bits per heavy atom. The van der Waals surface area contributed by atoms with Gasteiger partial charge in [0, 0.05) is 18.1 Å². The Balaban J connectivity index is 1.40. The van der Waals surface area contributed by atoms with Gasteiger partial charge in [0.2, 0.25) is 5.91 Å². The first-order valence-corrected chi connectivity index (χ1v) is 7.71. The number of rotatable bonds is 4. The number of hydrazine groups is 1. The molecule has 0 aromatic carbocycles. The van der Waals surface area contributed by atoms with E-state index in [-0.39, 0.29) is 18.5 Å². The van der Waals surface area contributed by atoms with Crippen LogP contribution in [-0.2, 0) is 11.2 Å². The lowest BCUT2D eigenvalue weighted by molar-refractivity contribution is -0.121. The molecule has 1 unspecified atom stereocenters. The third-order valence-corrected chi connectivity index (χ3v) is 4.08. The van der Waals surface area contributed by atoms with Crippen molar-refractivity contribution in [1.29, 1.82) is 0 Å². The van der Waals surface area contributed by atoms with Crippen molar-refractivity contribution in [1.82, 2.24) is 25.6 Å². The molecule has 1 aliphatic carbocycles. The first-order valence-electron chi connectivity index (χ1n) is 7.33. The van der Waals surface area contributed by atoms with Gasteiger partial charge < -0.3 is 15.1 Å². The zero-order chi connectivity index (χ0) is 15.1. The summed E-state index contributed by atoms with van der Waals surface area (Å²) in [6.07, 6.45) is 8.18. The molecule has 0 saturated heterocycles. The largest absolute Gasteiger partial charge is 0.335 e. The fourth-order valence-electron chi connectivity index (χ4n) is 2.63. The molecule has 1 fully saturated rings. The number of pyridine rings is 1. The molecule has 0 bridgehead atoms. The highest BCUT2D eigenvalue weighted by atomic mass is 35.5. The Bertz CT molecular complexity index is 764. The number of nitrogens with zero attached hydrogens (tertiary/aromatic N) is 2. The Morgan fingerprint density at radius 3 is 3.09 bits per heavy atom. The summed E-state index contributed by atoms with van der Waals surface area (Å²) in [5.74, 6) is 0.569. The van der Waals surface area contributed by atoms with Crippen LogP contribution in [0.3, 0.4) is 0 Å². The number of halogens is 1. The van der Waals surface area contributed by atoms with Gasteiger partial charge in [-0.3, -0.25) is 4.79 Å². The molecule has 2 aliphatic rings. The summed E-state index contributed by atoms with van der Waals surface area (Å²) in [7, 11) is 0. The molecule has 3 N–H and O–H groups in total. The van der Waals surface area contributed by atoms with Crippen LogP contribution >= 0.6 is 11.6 Å². The summed E-state index contributed by atoms with van der Waals surface area (Å²) in [5.41, 5.74) is 8.88. The molecule has 1 atom stereocenters. The monoisotopic (exact) mass is 317 g/mol. The van der Waals surface area contributed by atoms with Crippen LogP contribution in [0.5, 0.6) is 0 Å². The fraction of sp³-hybridized carbons (Fsp3) is 0.333. The number of amides is 1. The summed E-state index contributed by atoms with van der Waals surface area (Å²) >= 11 is 5.94. The van der Waals surface area contributed by atoms with Crippen molar-refractivity contribution in [3.05, 3.63) is 47.0 Å². The third-order valence-electron chi connectivity index (χ3n) is 3.86. The highest BCUT2D eigenvalue weighted by molar-refractivity contribution is 6.30. The van der Waals surface area contributed by atoms with Crippen molar-refractivity contribution in [2.24, 2.45) is 5.92 Å². The average Bonchev–Trinajstić information content (AvgIpc) is 3.10. The number of allylic oxidation sites excluding steroid dienone is 1. The lowest BCUT2D eigenvalue weighted by atomic mass is 10.2. The van der Waals surface area contributed by atoms with Crippen LogP contribution in [-0.4, -0.2) is 21.5 Å². The molecule has 114 valence electrons. The Kier molecular flexibility index (Phi) is 3.28. The van der Waals surface area contributed by atoms with Crippen LogP contribution in [0.1, 0.15) is 18.5 Å². The zero-order valence-electron chi connectivity index (χ0n) is 11.8. The van der Waals surface area contributed by atoms with Gasteiger partial charge >= 0.3 is 0 Å². The summed E-state index contributed by atoms with van der Waals surface area (Å²) < 4.78 is 1.82. The van der Waals surface area contributed by atoms with E-state index in [1.165, 1.54) is 18.5 Å². The van der Waals surface area contributed by atoms with E-state index in [1.54, 1.807) is 12.3 Å². The zero-order valence-corrected chi connectivity index (χ0v) is 12.6. The molecule has 2 aromatic rings. The maximum absolute atomic E-state index is 12.1. The summed E-state index contributed by atoms with van der Waals surface area (Å²) in [5, 5.41) is 3.57. The molecular formula is C15H16ClN5O. The smallest absolute Gasteiger partial charge is 0.227 e. The van der Waals surface area contributed by atoms with Crippen LogP contribution in [0.25, 0.3) is 5.65 Å². The highest BCUT2D eigenvalue weighted by Gasteiger charge is 2.30. The van der Waals surface area contributed by atoms with Crippen molar-refractivity contribution in [3.63, 3.8) is 0 Å². The third kappa shape index (κ3) is 2.80. The molecular weight excluding hydrogens is 302 g/mol. The van der Waals surface area contributed by atoms with E-state index in [0.29, 0.717) is 10.9 Å². The normalized spacial score (nSPS) is 20.8. The van der Waals surface area contributed by atoms with Crippen molar-refractivity contribution in [2.45, 2.75) is 25.4 Å². The molecule has 1 saturated carbocycles. The quantitative estimate of drug-likeness (QED) is 0.796. The van der Waals surface area contributed by atoms with Gasteiger partial charge in [-0.15, -0.1) is 0 Å². The number of hydrogen-bond acceptors (Lipinski definition) is 4. The molecule has 6 nitrogen and oxygen atoms in total. The number of imidazole rings is 1. The van der Waals surface area contributed by atoms with E-state index in [1.807, 2.05) is 22.7 Å². The molecule has 22 heavy (non-hydrogen) atoms. The van der Waals surface area contributed by atoms with E-state index in [2.05, 4.69) is 21.2 Å². The van der Waals surface area contributed by atoms with Gasteiger partial charge in [-0.1, -0.05) is 11.6 Å². The SMILES string of the molecule is O=C(Cc1cn2cc(Cl)ccc2n1)NC1C=C(C2CC2)NN1. The van der Waals surface area contributed by atoms with Crippen molar-refractivity contribution in [2.75, 3.05) is 0 Å². The minimum Gasteiger partial charge on any atom is -0.335 e. The van der Waals surface area contributed by atoms with E-state index in [4.69, 9.17) is 11.6 Å². The molecule has 4 rings (SSSR count). The molecule has 3 heterocycles. The maximum atomic E-state index is 12.1. The predicted molar refractivity (Wildman–Crippen MR) is 82.9 cm³/mol. The minimum absolute atomic E-state index is 0.0675. The number of hydrogen-bond donors (Lipinski definition) is 3. The molecule has 1 aliphatic heterocycles. The second-order valence-electron chi connectivity index (χ2n) is 5.73. The van der Waals surface area contributed by atoms with Crippen LogP contribution in [0.4, 0.5) is 0 Å². The summed E-state index contributed by atoms with van der Waals surface area (Å²) in [6, 6.07) is 3.61. The highest BCUT2D eigenvalue weighted by Crippen LogP contribution is 2.35. The molecule has 0 radical (unpaired) electrons. The van der Waals surface area contributed by atoms with Crippen LogP contribution in [0.2, 0.25) is 5.02 Å². The number of carbonyl (C=O) groups is 1. The molecule has 7 heteroatoms. The van der Waals surface area contributed by atoms with Crippen LogP contribution < -0.4 is 16.2 Å². The standard InChI is InChI=1S/C15H16ClN5O/c16-10-3-4-14-17-11(8-21(14)7-10)5-15(22)18-13-6-12(19-20-13)9-1-2-9/h3-4,6-9,13,19-20H,1-2,5H2,(H,18,22). The molecule has 0 spiro atoms.